The first-order valence-electron chi connectivity index (χ1n) is 8.52. The molecule has 4 rings (SSSR count). The van der Waals surface area contributed by atoms with Gasteiger partial charge in [-0.2, -0.15) is 0 Å². The second-order valence-corrected chi connectivity index (χ2v) is 8.01. The minimum atomic E-state index is -0.119. The zero-order chi connectivity index (χ0) is 18.8. The summed E-state index contributed by atoms with van der Waals surface area (Å²) in [4.78, 5) is 16.7. The zero-order valence-corrected chi connectivity index (χ0v) is 16.6. The van der Waals surface area contributed by atoms with E-state index in [0.29, 0.717) is 34.1 Å². The van der Waals surface area contributed by atoms with Crippen molar-refractivity contribution in [2.75, 3.05) is 0 Å². The molecule has 7 heteroatoms. The highest BCUT2D eigenvalue weighted by Gasteiger charge is 2.25. The number of thiazole rings is 1. The number of para-hydroxylation sites is 1. The number of halogens is 2. The lowest BCUT2D eigenvalue weighted by Crippen LogP contribution is -2.25. The van der Waals surface area contributed by atoms with Crippen LogP contribution in [0.15, 0.2) is 47.8 Å². The normalized spacial score (nSPS) is 13.4. The van der Waals surface area contributed by atoms with Crippen LogP contribution in [0, 0.1) is 0 Å². The van der Waals surface area contributed by atoms with Gasteiger partial charge in [-0.25, -0.2) is 4.98 Å². The van der Waals surface area contributed by atoms with Gasteiger partial charge in [-0.05, 0) is 37.1 Å². The second kappa shape index (κ2) is 7.89. The van der Waals surface area contributed by atoms with Gasteiger partial charge < -0.3 is 10.1 Å². The van der Waals surface area contributed by atoms with Gasteiger partial charge in [0.05, 0.1) is 5.56 Å². The summed E-state index contributed by atoms with van der Waals surface area (Å²) in [5.41, 5.74) is 2.13. The quantitative estimate of drug-likeness (QED) is 0.567. The molecule has 27 heavy (non-hydrogen) atoms. The number of nitrogens with one attached hydrogen (secondary N) is 1. The molecule has 138 valence electrons. The number of hydrogen-bond acceptors (Lipinski definition) is 4. The van der Waals surface area contributed by atoms with Crippen molar-refractivity contribution < 1.29 is 9.53 Å². The molecule has 1 fully saturated rings. The third-order valence-electron chi connectivity index (χ3n) is 4.17. The molecule has 1 aliphatic carbocycles. The molecule has 0 radical (unpaired) electrons. The third-order valence-corrected chi connectivity index (χ3v) is 5.63. The predicted molar refractivity (Wildman–Crippen MR) is 109 cm³/mol. The molecule has 0 aliphatic heterocycles. The molecule has 0 atom stereocenters. The lowest BCUT2D eigenvalue weighted by atomic mass is 10.2. The van der Waals surface area contributed by atoms with Crippen LogP contribution in [0.25, 0.3) is 10.6 Å². The van der Waals surface area contributed by atoms with E-state index in [0.717, 1.165) is 29.0 Å². The fourth-order valence-corrected chi connectivity index (χ4v) is 3.84. The highest BCUT2D eigenvalue weighted by Crippen LogP contribution is 2.33. The highest BCUT2D eigenvalue weighted by atomic mass is 35.5. The maximum atomic E-state index is 12.2. The number of ether oxygens (including phenoxy) is 1. The van der Waals surface area contributed by atoms with Crippen LogP contribution in [0.5, 0.6) is 5.75 Å². The maximum absolute atomic E-state index is 12.2. The Kier molecular flexibility index (Phi) is 5.34. The van der Waals surface area contributed by atoms with Crippen LogP contribution in [0.4, 0.5) is 0 Å². The number of rotatable bonds is 6. The van der Waals surface area contributed by atoms with Crippen molar-refractivity contribution in [3.05, 3.63) is 69.1 Å². The third kappa shape index (κ3) is 4.43. The molecule has 1 aromatic heterocycles. The van der Waals surface area contributed by atoms with E-state index in [1.807, 2.05) is 30.3 Å². The van der Waals surface area contributed by atoms with Crippen LogP contribution in [-0.2, 0) is 6.61 Å². The van der Waals surface area contributed by atoms with E-state index in [4.69, 9.17) is 27.9 Å². The van der Waals surface area contributed by atoms with Crippen molar-refractivity contribution in [3.63, 3.8) is 0 Å². The van der Waals surface area contributed by atoms with Crippen LogP contribution in [0.3, 0.4) is 0 Å². The zero-order valence-electron chi connectivity index (χ0n) is 14.2. The van der Waals surface area contributed by atoms with Crippen molar-refractivity contribution >= 4 is 40.4 Å². The second-order valence-electron chi connectivity index (χ2n) is 6.31. The Hall–Kier alpha value is -2.08. The number of amides is 1. The number of carbonyl (C=O) groups is 1. The molecule has 1 N–H and O–H groups in total. The summed E-state index contributed by atoms with van der Waals surface area (Å²) in [6, 6.07) is 13.3. The summed E-state index contributed by atoms with van der Waals surface area (Å²) in [5.74, 6) is 0.568. The maximum Gasteiger partial charge on any atom is 0.270 e. The van der Waals surface area contributed by atoms with E-state index in [-0.39, 0.29) is 5.91 Å². The molecule has 0 bridgehead atoms. The number of carbonyl (C=O) groups excluding carboxylic acids is 1. The summed E-state index contributed by atoms with van der Waals surface area (Å²) in [5, 5.41) is 6.63. The SMILES string of the molecule is O=C(NC1CC1)c1csc(-c2ccccc2OCc2ccc(Cl)cc2Cl)n1. The molecule has 1 aliphatic rings. The van der Waals surface area contributed by atoms with Crippen molar-refractivity contribution in [1.82, 2.24) is 10.3 Å². The Labute approximate surface area is 171 Å². The summed E-state index contributed by atoms with van der Waals surface area (Å²) in [7, 11) is 0. The van der Waals surface area contributed by atoms with Crippen LogP contribution < -0.4 is 10.1 Å². The standard InChI is InChI=1S/C20H16Cl2N2O2S/c21-13-6-5-12(16(22)9-13)10-26-18-4-2-1-3-15(18)20-24-17(11-27-20)19(25)23-14-7-8-14/h1-6,9,11,14H,7-8,10H2,(H,23,25). The van der Waals surface area contributed by atoms with E-state index in [1.165, 1.54) is 11.3 Å². The van der Waals surface area contributed by atoms with E-state index < -0.39 is 0 Å². The Morgan fingerprint density at radius 1 is 1.22 bits per heavy atom. The monoisotopic (exact) mass is 418 g/mol. The number of aromatic nitrogens is 1. The van der Waals surface area contributed by atoms with Crippen LogP contribution >= 0.6 is 34.5 Å². The molecular formula is C20H16Cl2N2O2S. The topological polar surface area (TPSA) is 51.2 Å². The summed E-state index contributed by atoms with van der Waals surface area (Å²) >= 11 is 13.6. The molecule has 1 heterocycles. The average Bonchev–Trinajstić information content (AvgIpc) is 3.33. The Morgan fingerprint density at radius 2 is 2.04 bits per heavy atom. The highest BCUT2D eigenvalue weighted by molar-refractivity contribution is 7.13. The molecule has 0 spiro atoms. The minimum Gasteiger partial charge on any atom is -0.488 e. The van der Waals surface area contributed by atoms with E-state index in [9.17, 15) is 4.79 Å². The lowest BCUT2D eigenvalue weighted by Gasteiger charge is -2.11. The van der Waals surface area contributed by atoms with Crippen molar-refractivity contribution in [2.24, 2.45) is 0 Å². The summed E-state index contributed by atoms with van der Waals surface area (Å²) in [6.45, 7) is 0.313. The van der Waals surface area contributed by atoms with Gasteiger partial charge in [-0.15, -0.1) is 11.3 Å². The minimum absolute atomic E-state index is 0.119. The number of benzene rings is 2. The molecule has 3 aromatic rings. The van der Waals surface area contributed by atoms with Crippen LogP contribution in [0.1, 0.15) is 28.9 Å². The largest absolute Gasteiger partial charge is 0.488 e. The average molecular weight is 419 g/mol. The van der Waals surface area contributed by atoms with Gasteiger partial charge in [0.1, 0.15) is 23.1 Å². The van der Waals surface area contributed by atoms with Crippen molar-refractivity contribution in [2.45, 2.75) is 25.5 Å². The molecule has 1 amide bonds. The van der Waals surface area contributed by atoms with E-state index >= 15 is 0 Å². The van der Waals surface area contributed by atoms with Gasteiger partial charge in [-0.1, -0.05) is 41.4 Å². The van der Waals surface area contributed by atoms with Crippen molar-refractivity contribution in [3.8, 4) is 16.3 Å². The number of nitrogens with zero attached hydrogens (tertiary/aromatic N) is 1. The van der Waals surface area contributed by atoms with Gasteiger partial charge in [0.15, 0.2) is 0 Å². The Balaban J connectivity index is 1.52. The van der Waals surface area contributed by atoms with Gasteiger partial charge >= 0.3 is 0 Å². The Bertz CT molecular complexity index is 986. The van der Waals surface area contributed by atoms with E-state index in [1.54, 1.807) is 17.5 Å². The predicted octanol–water partition coefficient (Wildman–Crippen LogP) is 5.59. The van der Waals surface area contributed by atoms with Gasteiger partial charge in [0, 0.05) is 27.0 Å². The summed E-state index contributed by atoms with van der Waals surface area (Å²) < 4.78 is 5.98. The molecule has 1 saturated carbocycles. The molecule has 4 nitrogen and oxygen atoms in total. The molecular weight excluding hydrogens is 403 g/mol. The smallest absolute Gasteiger partial charge is 0.270 e. The molecule has 2 aromatic carbocycles. The first-order valence-corrected chi connectivity index (χ1v) is 10.2. The fourth-order valence-electron chi connectivity index (χ4n) is 2.55. The fraction of sp³-hybridized carbons (Fsp3) is 0.200. The van der Waals surface area contributed by atoms with E-state index in [2.05, 4.69) is 10.3 Å². The van der Waals surface area contributed by atoms with Crippen LogP contribution in [-0.4, -0.2) is 16.9 Å². The van der Waals surface area contributed by atoms with Gasteiger partial charge in [0.2, 0.25) is 0 Å². The van der Waals surface area contributed by atoms with Crippen molar-refractivity contribution in [1.29, 1.82) is 0 Å². The first-order chi connectivity index (χ1) is 13.1. The first kappa shape index (κ1) is 18.3. The summed E-state index contributed by atoms with van der Waals surface area (Å²) in [6.07, 6.45) is 2.10. The van der Waals surface area contributed by atoms with Gasteiger partial charge in [0.25, 0.3) is 5.91 Å². The molecule has 0 unspecified atom stereocenters. The Morgan fingerprint density at radius 3 is 2.81 bits per heavy atom. The number of hydrogen-bond donors (Lipinski definition) is 1. The molecule has 0 saturated heterocycles. The van der Waals surface area contributed by atoms with Gasteiger partial charge in [-0.3, -0.25) is 4.79 Å². The van der Waals surface area contributed by atoms with Crippen LogP contribution in [0.2, 0.25) is 10.0 Å². The lowest BCUT2D eigenvalue weighted by molar-refractivity contribution is 0.0947.